The van der Waals surface area contributed by atoms with Crippen LogP contribution in [-0.2, 0) is 6.42 Å². The summed E-state index contributed by atoms with van der Waals surface area (Å²) in [5.41, 5.74) is 2.13. The van der Waals surface area contributed by atoms with Gasteiger partial charge in [-0.1, -0.05) is 72.8 Å². The van der Waals surface area contributed by atoms with Gasteiger partial charge in [0, 0.05) is 6.07 Å². The van der Waals surface area contributed by atoms with E-state index in [0.29, 0.717) is 0 Å². The highest BCUT2D eigenvalue weighted by Gasteiger charge is 2.22. The Morgan fingerprint density at radius 1 is 0.893 bits per heavy atom. The third kappa shape index (κ3) is 5.04. The van der Waals surface area contributed by atoms with E-state index in [1.54, 1.807) is 12.1 Å². The molecule has 0 saturated heterocycles. The number of amides is 1. The van der Waals surface area contributed by atoms with Crippen LogP contribution in [0, 0.1) is 10.1 Å². The molecule has 1 unspecified atom stereocenters. The molecule has 142 valence electrons. The first-order valence-corrected chi connectivity index (χ1v) is 9.28. The van der Waals surface area contributed by atoms with Gasteiger partial charge >= 0.3 is 0 Å². The monoisotopic (exact) mass is 374 g/mol. The zero-order valence-corrected chi connectivity index (χ0v) is 15.5. The largest absolute Gasteiger partial charge is 0.345 e. The van der Waals surface area contributed by atoms with E-state index in [9.17, 15) is 14.9 Å². The van der Waals surface area contributed by atoms with Gasteiger partial charge < -0.3 is 5.32 Å². The van der Waals surface area contributed by atoms with E-state index in [0.717, 1.165) is 24.8 Å². The summed E-state index contributed by atoms with van der Waals surface area (Å²) in [7, 11) is 0. The van der Waals surface area contributed by atoms with Crippen LogP contribution in [0.25, 0.3) is 0 Å². The molecule has 3 rings (SSSR count). The minimum atomic E-state index is -0.526. The lowest BCUT2D eigenvalue weighted by Crippen LogP contribution is -2.29. The fourth-order valence-corrected chi connectivity index (χ4v) is 3.22. The number of para-hydroxylation sites is 1. The Bertz CT molecular complexity index is 927. The summed E-state index contributed by atoms with van der Waals surface area (Å²) in [6.45, 7) is 0. The third-order valence-corrected chi connectivity index (χ3v) is 4.65. The van der Waals surface area contributed by atoms with Crippen LogP contribution in [0.2, 0.25) is 0 Å². The first-order valence-electron chi connectivity index (χ1n) is 9.28. The zero-order valence-electron chi connectivity index (χ0n) is 15.5. The highest BCUT2D eigenvalue weighted by atomic mass is 16.6. The summed E-state index contributed by atoms with van der Waals surface area (Å²) in [4.78, 5) is 23.5. The average Bonchev–Trinajstić information content (AvgIpc) is 2.74. The maximum absolute atomic E-state index is 12.8. The van der Waals surface area contributed by atoms with E-state index in [4.69, 9.17) is 0 Å². The Morgan fingerprint density at radius 2 is 1.50 bits per heavy atom. The Balaban J connectivity index is 1.74. The Kier molecular flexibility index (Phi) is 6.52. The van der Waals surface area contributed by atoms with Gasteiger partial charge in [-0.25, -0.2) is 0 Å². The fraction of sp³-hybridized carbons (Fsp3) is 0.174. The Hall–Kier alpha value is -3.47. The van der Waals surface area contributed by atoms with Crippen molar-refractivity contribution in [2.75, 3.05) is 0 Å². The molecule has 0 aliphatic rings. The molecule has 3 aromatic rings. The maximum atomic E-state index is 12.8. The van der Waals surface area contributed by atoms with Crippen LogP contribution in [-0.4, -0.2) is 10.8 Å². The van der Waals surface area contributed by atoms with Crippen molar-refractivity contribution in [1.29, 1.82) is 0 Å². The number of nitrogens with one attached hydrogen (secondary N) is 1. The van der Waals surface area contributed by atoms with E-state index < -0.39 is 10.8 Å². The van der Waals surface area contributed by atoms with Gasteiger partial charge in [0.15, 0.2) is 0 Å². The summed E-state index contributed by atoms with van der Waals surface area (Å²) in [5, 5.41) is 14.2. The van der Waals surface area contributed by atoms with Crippen molar-refractivity contribution in [1.82, 2.24) is 5.32 Å². The number of nitrogens with zero attached hydrogens (tertiary/aromatic N) is 1. The first kappa shape index (κ1) is 19.3. The van der Waals surface area contributed by atoms with Gasteiger partial charge in [-0.05, 0) is 36.5 Å². The highest BCUT2D eigenvalue weighted by molar-refractivity contribution is 5.98. The van der Waals surface area contributed by atoms with Gasteiger partial charge in [0.05, 0.1) is 11.0 Å². The summed E-state index contributed by atoms with van der Waals surface area (Å²) >= 11 is 0. The fourth-order valence-electron chi connectivity index (χ4n) is 3.22. The Morgan fingerprint density at radius 3 is 2.18 bits per heavy atom. The number of benzene rings is 3. The summed E-state index contributed by atoms with van der Waals surface area (Å²) in [6.07, 6.45) is 2.54. The van der Waals surface area contributed by atoms with Gasteiger partial charge in [0.2, 0.25) is 0 Å². The smallest absolute Gasteiger partial charge is 0.282 e. The number of hydrogen-bond acceptors (Lipinski definition) is 3. The second kappa shape index (κ2) is 9.46. The van der Waals surface area contributed by atoms with E-state index in [2.05, 4.69) is 17.4 Å². The van der Waals surface area contributed by atoms with Crippen molar-refractivity contribution in [3.8, 4) is 0 Å². The SMILES string of the molecule is O=C(NC(CCCc1ccccc1)c1ccccc1)c1ccccc1[N+](=O)[O-]. The predicted molar refractivity (Wildman–Crippen MR) is 109 cm³/mol. The lowest BCUT2D eigenvalue weighted by molar-refractivity contribution is -0.385. The van der Waals surface area contributed by atoms with Crippen molar-refractivity contribution in [2.45, 2.75) is 25.3 Å². The molecule has 0 bridgehead atoms. The first-order chi connectivity index (χ1) is 13.6. The number of aryl methyl sites for hydroxylation is 1. The summed E-state index contributed by atoms with van der Waals surface area (Å²) < 4.78 is 0. The van der Waals surface area contributed by atoms with E-state index in [-0.39, 0.29) is 17.3 Å². The molecule has 0 heterocycles. The molecule has 3 aromatic carbocycles. The number of carbonyl (C=O) groups is 1. The molecule has 0 aromatic heterocycles. The molecular weight excluding hydrogens is 352 g/mol. The molecular formula is C23H22N2O3. The van der Waals surface area contributed by atoms with Gasteiger partial charge in [0.1, 0.15) is 5.56 Å². The topological polar surface area (TPSA) is 72.2 Å². The maximum Gasteiger partial charge on any atom is 0.282 e. The average molecular weight is 374 g/mol. The standard InChI is InChI=1S/C23H22N2O3/c26-23(20-15-7-8-17-22(20)25(27)28)24-21(19-13-5-2-6-14-19)16-9-12-18-10-3-1-4-11-18/h1-8,10-11,13-15,17,21H,9,12,16H2,(H,24,26). The number of rotatable bonds is 8. The van der Waals surface area contributed by atoms with Crippen molar-refractivity contribution in [3.63, 3.8) is 0 Å². The van der Waals surface area contributed by atoms with Crippen molar-refractivity contribution in [3.05, 3.63) is 112 Å². The van der Waals surface area contributed by atoms with Crippen molar-refractivity contribution < 1.29 is 9.72 Å². The molecule has 1 N–H and O–H groups in total. The number of nitro groups is 1. The number of hydrogen-bond donors (Lipinski definition) is 1. The molecule has 0 spiro atoms. The van der Waals surface area contributed by atoms with Crippen molar-refractivity contribution >= 4 is 11.6 Å². The van der Waals surface area contributed by atoms with E-state index >= 15 is 0 Å². The summed E-state index contributed by atoms with van der Waals surface area (Å²) in [5.74, 6) is -0.430. The zero-order chi connectivity index (χ0) is 19.8. The predicted octanol–water partition coefficient (Wildman–Crippen LogP) is 5.09. The van der Waals surface area contributed by atoms with Crippen LogP contribution in [0.5, 0.6) is 0 Å². The highest BCUT2D eigenvalue weighted by Crippen LogP contribution is 2.23. The van der Waals surface area contributed by atoms with Gasteiger partial charge in [-0.3, -0.25) is 14.9 Å². The Labute approximate surface area is 164 Å². The molecule has 0 radical (unpaired) electrons. The lowest BCUT2D eigenvalue weighted by Gasteiger charge is -2.19. The second-order valence-electron chi connectivity index (χ2n) is 6.59. The second-order valence-corrected chi connectivity index (χ2v) is 6.59. The molecule has 5 nitrogen and oxygen atoms in total. The molecule has 1 amide bonds. The molecule has 28 heavy (non-hydrogen) atoms. The molecule has 0 fully saturated rings. The molecule has 1 atom stereocenters. The quantitative estimate of drug-likeness (QED) is 0.441. The normalized spacial score (nSPS) is 11.6. The molecule has 0 aliphatic heterocycles. The minimum absolute atomic E-state index is 0.0801. The van der Waals surface area contributed by atoms with Crippen LogP contribution in [0.4, 0.5) is 5.69 Å². The van der Waals surface area contributed by atoms with Crippen LogP contribution in [0.3, 0.4) is 0 Å². The molecule has 0 aliphatic carbocycles. The van der Waals surface area contributed by atoms with Gasteiger partial charge in [0.25, 0.3) is 11.6 Å². The van der Waals surface area contributed by atoms with Crippen LogP contribution in [0.15, 0.2) is 84.9 Å². The van der Waals surface area contributed by atoms with Crippen molar-refractivity contribution in [2.24, 2.45) is 0 Å². The van der Waals surface area contributed by atoms with Crippen LogP contribution in [0.1, 0.15) is 40.4 Å². The van der Waals surface area contributed by atoms with Gasteiger partial charge in [-0.2, -0.15) is 0 Å². The molecule has 0 saturated carbocycles. The van der Waals surface area contributed by atoms with E-state index in [1.165, 1.54) is 17.7 Å². The minimum Gasteiger partial charge on any atom is -0.345 e. The van der Waals surface area contributed by atoms with E-state index in [1.807, 2.05) is 48.5 Å². The number of nitro benzene ring substituents is 1. The lowest BCUT2D eigenvalue weighted by atomic mass is 9.98. The van der Waals surface area contributed by atoms with Gasteiger partial charge in [-0.15, -0.1) is 0 Å². The van der Waals surface area contributed by atoms with Crippen LogP contribution < -0.4 is 5.32 Å². The van der Waals surface area contributed by atoms with Crippen LogP contribution >= 0.6 is 0 Å². The summed E-state index contributed by atoms with van der Waals surface area (Å²) in [6, 6.07) is 25.7. The number of carbonyl (C=O) groups excluding carboxylic acids is 1. The third-order valence-electron chi connectivity index (χ3n) is 4.65. The molecule has 5 heteroatoms.